The highest BCUT2D eigenvalue weighted by molar-refractivity contribution is 5.86. The molecule has 0 aromatic rings. The lowest BCUT2D eigenvalue weighted by molar-refractivity contribution is -0.146. The molecule has 5 heteroatoms. The van der Waals surface area contributed by atoms with E-state index in [-0.39, 0.29) is 6.03 Å². The number of carboxylic acid groups (broad SMARTS) is 1. The molecule has 2 unspecified atom stereocenters. The van der Waals surface area contributed by atoms with Gasteiger partial charge in [0.05, 0.1) is 0 Å². The number of carbonyl (C=O) groups is 2. The van der Waals surface area contributed by atoms with Crippen LogP contribution in [0.4, 0.5) is 4.79 Å². The molecule has 0 saturated heterocycles. The van der Waals surface area contributed by atoms with Crippen LogP contribution in [0, 0.1) is 5.92 Å². The van der Waals surface area contributed by atoms with Gasteiger partial charge in [-0.25, -0.2) is 9.59 Å². The number of rotatable bonds is 6. The van der Waals surface area contributed by atoms with Crippen molar-refractivity contribution in [1.82, 2.24) is 10.6 Å². The summed E-state index contributed by atoms with van der Waals surface area (Å²) >= 11 is 0. The topological polar surface area (TPSA) is 78.4 Å². The van der Waals surface area contributed by atoms with Gasteiger partial charge in [0.2, 0.25) is 0 Å². The molecule has 1 fully saturated rings. The highest BCUT2D eigenvalue weighted by Gasteiger charge is 2.43. The first-order valence-corrected chi connectivity index (χ1v) is 7.29. The zero-order valence-electron chi connectivity index (χ0n) is 12.0. The van der Waals surface area contributed by atoms with Crippen LogP contribution >= 0.6 is 0 Å². The molecule has 1 saturated carbocycles. The summed E-state index contributed by atoms with van der Waals surface area (Å²) in [5, 5.41) is 14.9. The Morgan fingerprint density at radius 2 is 2.11 bits per heavy atom. The van der Waals surface area contributed by atoms with Crippen LogP contribution in [0.25, 0.3) is 0 Å². The van der Waals surface area contributed by atoms with E-state index in [1.807, 2.05) is 6.92 Å². The molecule has 0 aliphatic heterocycles. The van der Waals surface area contributed by atoms with E-state index in [9.17, 15) is 14.7 Å². The first-order valence-electron chi connectivity index (χ1n) is 7.29. The quantitative estimate of drug-likeness (QED) is 0.649. The Morgan fingerprint density at radius 3 is 2.68 bits per heavy atom. The highest BCUT2D eigenvalue weighted by Crippen LogP contribution is 2.32. The zero-order chi connectivity index (χ0) is 14.3. The van der Waals surface area contributed by atoms with E-state index >= 15 is 0 Å². The van der Waals surface area contributed by atoms with E-state index < -0.39 is 11.5 Å². The number of nitrogens with one attached hydrogen (secondary N) is 2. The zero-order valence-corrected chi connectivity index (χ0v) is 12.0. The number of amides is 2. The third-order valence-electron chi connectivity index (χ3n) is 3.83. The Balaban J connectivity index is 2.49. The number of urea groups is 1. The summed E-state index contributed by atoms with van der Waals surface area (Å²) < 4.78 is 0. The molecule has 0 aromatic carbocycles. The molecule has 0 heterocycles. The minimum absolute atomic E-state index is 0.338. The summed E-state index contributed by atoms with van der Waals surface area (Å²) in [6.07, 6.45) is 6.03. The molecule has 3 N–H and O–H groups in total. The van der Waals surface area contributed by atoms with Gasteiger partial charge in [-0.2, -0.15) is 0 Å². The third-order valence-corrected chi connectivity index (χ3v) is 3.83. The number of hydrogen-bond acceptors (Lipinski definition) is 2. The standard InChI is InChI=1S/C14H26N2O3/c1-3-4-5-9-15-13(19)16-14(12(17)18)8-6-7-11(2)10-14/h11H,3-10H2,1-2H3,(H,17,18)(H2,15,16,19). The number of hydrogen-bond donors (Lipinski definition) is 3. The van der Waals surface area contributed by atoms with E-state index in [0.29, 0.717) is 25.3 Å². The summed E-state index contributed by atoms with van der Waals surface area (Å²) in [6.45, 7) is 4.74. The van der Waals surface area contributed by atoms with Crippen LogP contribution in [0.5, 0.6) is 0 Å². The van der Waals surface area contributed by atoms with E-state index in [2.05, 4.69) is 17.6 Å². The summed E-state index contributed by atoms with van der Waals surface area (Å²) in [5.41, 5.74) is -1.08. The van der Waals surface area contributed by atoms with Gasteiger partial charge in [-0.15, -0.1) is 0 Å². The fourth-order valence-electron chi connectivity index (χ4n) is 2.75. The summed E-state index contributed by atoms with van der Waals surface area (Å²) in [5.74, 6) is -0.576. The van der Waals surface area contributed by atoms with Crippen molar-refractivity contribution >= 4 is 12.0 Å². The molecule has 1 aliphatic carbocycles. The van der Waals surface area contributed by atoms with Crippen molar-refractivity contribution in [3.05, 3.63) is 0 Å². The average Bonchev–Trinajstić information content (AvgIpc) is 2.34. The molecule has 5 nitrogen and oxygen atoms in total. The Bertz CT molecular complexity index is 320. The van der Waals surface area contributed by atoms with Gasteiger partial charge in [-0.3, -0.25) is 0 Å². The largest absolute Gasteiger partial charge is 0.480 e. The molecule has 0 bridgehead atoms. The van der Waals surface area contributed by atoms with E-state index in [4.69, 9.17) is 0 Å². The van der Waals surface area contributed by atoms with Crippen molar-refractivity contribution in [1.29, 1.82) is 0 Å². The van der Waals surface area contributed by atoms with E-state index in [1.54, 1.807) is 0 Å². The predicted molar refractivity (Wildman–Crippen MR) is 74.1 cm³/mol. The predicted octanol–water partition coefficient (Wildman–Crippen LogP) is 2.51. The number of unbranched alkanes of at least 4 members (excludes halogenated alkanes) is 2. The second kappa shape index (κ2) is 7.36. The van der Waals surface area contributed by atoms with Gasteiger partial charge in [0.15, 0.2) is 0 Å². The number of carboxylic acids is 1. The van der Waals surface area contributed by atoms with Crippen molar-refractivity contribution < 1.29 is 14.7 Å². The van der Waals surface area contributed by atoms with Crippen molar-refractivity contribution in [2.45, 2.75) is 64.3 Å². The third kappa shape index (κ3) is 4.73. The Labute approximate surface area is 115 Å². The Hall–Kier alpha value is -1.26. The fourth-order valence-corrected chi connectivity index (χ4v) is 2.75. The molecule has 110 valence electrons. The minimum atomic E-state index is -1.08. The van der Waals surface area contributed by atoms with Gasteiger partial charge >= 0.3 is 12.0 Å². The smallest absolute Gasteiger partial charge is 0.329 e. The first-order chi connectivity index (χ1) is 9.00. The molecule has 19 heavy (non-hydrogen) atoms. The van der Waals surface area contributed by atoms with Gasteiger partial charge in [0.25, 0.3) is 0 Å². The molecule has 1 rings (SSSR count). The first kappa shape index (κ1) is 15.8. The van der Waals surface area contributed by atoms with Crippen LogP contribution < -0.4 is 10.6 Å². The van der Waals surface area contributed by atoms with Gasteiger partial charge in [0.1, 0.15) is 5.54 Å². The molecular weight excluding hydrogens is 244 g/mol. The molecule has 0 aromatic heterocycles. The van der Waals surface area contributed by atoms with Gasteiger partial charge in [-0.1, -0.05) is 39.5 Å². The number of aliphatic carboxylic acids is 1. The van der Waals surface area contributed by atoms with Crippen LogP contribution in [-0.4, -0.2) is 29.2 Å². The summed E-state index contributed by atoms with van der Waals surface area (Å²) in [4.78, 5) is 23.3. The molecule has 1 aliphatic rings. The maximum atomic E-state index is 11.8. The van der Waals surface area contributed by atoms with Crippen LogP contribution in [0.2, 0.25) is 0 Å². The van der Waals surface area contributed by atoms with Gasteiger partial charge in [-0.05, 0) is 25.2 Å². The van der Waals surface area contributed by atoms with Crippen LogP contribution in [0.15, 0.2) is 0 Å². The maximum Gasteiger partial charge on any atom is 0.329 e. The highest BCUT2D eigenvalue weighted by atomic mass is 16.4. The Kier molecular flexibility index (Phi) is 6.12. The van der Waals surface area contributed by atoms with Crippen LogP contribution in [0.1, 0.15) is 58.8 Å². The van der Waals surface area contributed by atoms with Crippen molar-refractivity contribution in [3.63, 3.8) is 0 Å². The number of carbonyl (C=O) groups excluding carboxylic acids is 1. The van der Waals surface area contributed by atoms with Gasteiger partial charge in [0, 0.05) is 6.54 Å². The van der Waals surface area contributed by atoms with E-state index in [0.717, 1.165) is 32.1 Å². The van der Waals surface area contributed by atoms with Gasteiger partial charge < -0.3 is 15.7 Å². The van der Waals surface area contributed by atoms with E-state index in [1.165, 1.54) is 0 Å². The minimum Gasteiger partial charge on any atom is -0.480 e. The molecule has 2 amide bonds. The lowest BCUT2D eigenvalue weighted by Crippen LogP contribution is -2.59. The lowest BCUT2D eigenvalue weighted by atomic mass is 9.76. The summed E-state index contributed by atoms with van der Waals surface area (Å²) in [6, 6.07) is -0.354. The summed E-state index contributed by atoms with van der Waals surface area (Å²) in [7, 11) is 0. The lowest BCUT2D eigenvalue weighted by Gasteiger charge is -2.37. The molecular formula is C14H26N2O3. The maximum absolute atomic E-state index is 11.8. The second-order valence-corrected chi connectivity index (χ2v) is 5.68. The Morgan fingerprint density at radius 1 is 1.37 bits per heavy atom. The second-order valence-electron chi connectivity index (χ2n) is 5.68. The van der Waals surface area contributed by atoms with Crippen molar-refractivity contribution in [3.8, 4) is 0 Å². The monoisotopic (exact) mass is 270 g/mol. The van der Waals surface area contributed by atoms with Crippen LogP contribution in [0.3, 0.4) is 0 Å². The van der Waals surface area contributed by atoms with Crippen molar-refractivity contribution in [2.24, 2.45) is 5.92 Å². The normalized spacial score (nSPS) is 26.7. The van der Waals surface area contributed by atoms with Crippen LogP contribution in [-0.2, 0) is 4.79 Å². The fraction of sp³-hybridized carbons (Fsp3) is 0.857. The van der Waals surface area contributed by atoms with Crippen molar-refractivity contribution in [2.75, 3.05) is 6.54 Å². The SMILES string of the molecule is CCCCCNC(=O)NC1(C(=O)O)CCCC(C)C1. The molecule has 2 atom stereocenters. The molecule has 0 radical (unpaired) electrons. The average molecular weight is 270 g/mol. The molecule has 0 spiro atoms.